The Kier molecular flexibility index (Phi) is 9.39. The molecule has 3 fully saturated rings. The number of rotatable bonds is 8. The quantitative estimate of drug-likeness (QED) is 0.475. The van der Waals surface area contributed by atoms with Crippen LogP contribution >= 0.6 is 0 Å². The molecule has 0 saturated carbocycles. The second-order valence-electron chi connectivity index (χ2n) is 10.4. The molecule has 0 radical (unpaired) electrons. The molecule has 0 amide bonds. The van der Waals surface area contributed by atoms with Gasteiger partial charge in [-0.15, -0.1) is 0 Å². The highest BCUT2D eigenvalue weighted by Crippen LogP contribution is 2.28. The van der Waals surface area contributed by atoms with Crippen molar-refractivity contribution in [2.75, 3.05) is 59.4 Å². The van der Waals surface area contributed by atoms with E-state index in [1.165, 1.54) is 89.8 Å². The van der Waals surface area contributed by atoms with Gasteiger partial charge in [0.05, 0.1) is 0 Å². The van der Waals surface area contributed by atoms with Crippen LogP contribution in [0.4, 0.5) is 0 Å². The molecule has 3 aliphatic rings. The molecule has 182 valence electrons. The first-order valence-corrected chi connectivity index (χ1v) is 13.4. The van der Waals surface area contributed by atoms with E-state index < -0.39 is 0 Å². The van der Waals surface area contributed by atoms with Crippen LogP contribution in [0.1, 0.15) is 68.4 Å². The molecule has 3 heterocycles. The Morgan fingerprint density at radius 2 is 1.64 bits per heavy atom. The zero-order chi connectivity index (χ0) is 22.9. The summed E-state index contributed by atoms with van der Waals surface area (Å²) in [7, 11) is 2.22. The highest BCUT2D eigenvalue weighted by atomic mass is 15.2. The number of allylic oxidation sites excluding steroid dienone is 1. The summed E-state index contributed by atoms with van der Waals surface area (Å²) in [6.07, 6.45) is 14.2. The maximum Gasteiger partial charge on any atom is 0.0401 e. The summed E-state index contributed by atoms with van der Waals surface area (Å²) in [5.74, 6) is 0.694. The molecule has 5 heteroatoms. The van der Waals surface area contributed by atoms with Crippen molar-refractivity contribution >= 4 is 11.8 Å². The van der Waals surface area contributed by atoms with Crippen LogP contribution in [0.2, 0.25) is 0 Å². The van der Waals surface area contributed by atoms with Gasteiger partial charge in [0.15, 0.2) is 0 Å². The van der Waals surface area contributed by atoms with Crippen LogP contribution in [0.15, 0.2) is 35.5 Å². The van der Waals surface area contributed by atoms with Crippen molar-refractivity contribution in [1.82, 2.24) is 14.7 Å². The molecule has 33 heavy (non-hydrogen) atoms. The van der Waals surface area contributed by atoms with E-state index in [1.54, 1.807) is 6.20 Å². The second kappa shape index (κ2) is 12.7. The van der Waals surface area contributed by atoms with E-state index in [0.717, 1.165) is 36.7 Å². The van der Waals surface area contributed by atoms with Crippen LogP contribution < -0.4 is 5.73 Å². The Hall–Kier alpha value is -1.69. The van der Waals surface area contributed by atoms with Gasteiger partial charge in [0, 0.05) is 30.6 Å². The minimum absolute atomic E-state index is 0.694. The molecular formula is C28H45N5. The van der Waals surface area contributed by atoms with Crippen molar-refractivity contribution < 1.29 is 0 Å². The van der Waals surface area contributed by atoms with Gasteiger partial charge in [0.1, 0.15) is 0 Å². The summed E-state index contributed by atoms with van der Waals surface area (Å²) in [6, 6.07) is 9.84. The van der Waals surface area contributed by atoms with E-state index in [4.69, 9.17) is 10.7 Å². The predicted octanol–water partition coefficient (Wildman–Crippen LogP) is 4.21. The number of hydrogen-bond donors (Lipinski definition) is 1. The van der Waals surface area contributed by atoms with Crippen LogP contribution in [0.25, 0.3) is 5.57 Å². The number of benzene rings is 1. The fraction of sp³-hybridized carbons (Fsp3) is 0.679. The van der Waals surface area contributed by atoms with Gasteiger partial charge in [-0.3, -0.25) is 4.99 Å². The van der Waals surface area contributed by atoms with Crippen molar-refractivity contribution in [3.8, 4) is 0 Å². The zero-order valence-electron chi connectivity index (χ0n) is 20.8. The van der Waals surface area contributed by atoms with Crippen LogP contribution in [-0.2, 0) is 0 Å². The number of piperidine rings is 3. The van der Waals surface area contributed by atoms with Crippen molar-refractivity contribution in [2.24, 2.45) is 10.7 Å². The van der Waals surface area contributed by atoms with Crippen LogP contribution in [0.5, 0.6) is 0 Å². The third-order valence-corrected chi connectivity index (χ3v) is 8.07. The molecule has 0 bridgehead atoms. The minimum Gasteiger partial charge on any atom is -0.404 e. The Balaban J connectivity index is 1.16. The maximum atomic E-state index is 5.94. The number of nitrogens with zero attached hydrogens (tertiary/aromatic N) is 4. The third kappa shape index (κ3) is 7.14. The van der Waals surface area contributed by atoms with E-state index in [-0.39, 0.29) is 0 Å². The third-order valence-electron chi connectivity index (χ3n) is 8.07. The van der Waals surface area contributed by atoms with Gasteiger partial charge in [-0.05, 0) is 115 Å². The first-order chi connectivity index (χ1) is 16.2. The Labute approximate surface area is 201 Å². The number of likely N-dealkylation sites (tertiary alicyclic amines) is 3. The van der Waals surface area contributed by atoms with Crippen molar-refractivity contribution in [3.63, 3.8) is 0 Å². The molecule has 5 nitrogen and oxygen atoms in total. The highest BCUT2D eigenvalue weighted by molar-refractivity contribution is 6.09. The van der Waals surface area contributed by atoms with E-state index in [9.17, 15) is 0 Å². The molecule has 1 aromatic rings. The Morgan fingerprint density at radius 3 is 2.30 bits per heavy atom. The van der Waals surface area contributed by atoms with Crippen LogP contribution in [0, 0.1) is 0 Å². The fourth-order valence-corrected chi connectivity index (χ4v) is 5.84. The monoisotopic (exact) mass is 451 g/mol. The second-order valence-corrected chi connectivity index (χ2v) is 10.4. The van der Waals surface area contributed by atoms with E-state index >= 15 is 0 Å². The standard InChI is InChI=1S/C28H45N5/c1-31-18-10-26(11-19-31)24-6-8-25(9-7-24)27(22-29)23-30-14-5-15-32-20-12-28(13-21-32)33-16-3-2-4-17-33/h6-9,22-23,26,28H,2-5,10-21,29H2,1H3/b27-22+,30-23?. The summed E-state index contributed by atoms with van der Waals surface area (Å²) < 4.78 is 0. The van der Waals surface area contributed by atoms with E-state index in [1.807, 2.05) is 6.21 Å². The van der Waals surface area contributed by atoms with Crippen molar-refractivity contribution in [1.29, 1.82) is 0 Å². The van der Waals surface area contributed by atoms with Gasteiger partial charge in [-0.2, -0.15) is 0 Å². The average Bonchev–Trinajstić information content (AvgIpc) is 2.88. The Bertz CT molecular complexity index is 749. The fourth-order valence-electron chi connectivity index (χ4n) is 5.84. The molecule has 0 unspecified atom stereocenters. The van der Waals surface area contributed by atoms with Gasteiger partial charge >= 0.3 is 0 Å². The highest BCUT2D eigenvalue weighted by Gasteiger charge is 2.25. The molecule has 0 aliphatic carbocycles. The molecule has 0 spiro atoms. The van der Waals surface area contributed by atoms with Gasteiger partial charge in [-0.1, -0.05) is 30.7 Å². The summed E-state index contributed by atoms with van der Waals surface area (Å²) >= 11 is 0. The lowest BCUT2D eigenvalue weighted by Crippen LogP contribution is -2.46. The normalized spacial score (nSPS) is 23.5. The Morgan fingerprint density at radius 1 is 0.939 bits per heavy atom. The number of hydrogen-bond acceptors (Lipinski definition) is 5. The molecule has 0 atom stereocenters. The lowest BCUT2D eigenvalue weighted by atomic mass is 9.89. The molecule has 2 N–H and O–H groups in total. The lowest BCUT2D eigenvalue weighted by molar-refractivity contribution is 0.0924. The smallest absolute Gasteiger partial charge is 0.0401 e. The van der Waals surface area contributed by atoms with Gasteiger partial charge in [0.25, 0.3) is 0 Å². The largest absolute Gasteiger partial charge is 0.404 e. The summed E-state index contributed by atoms with van der Waals surface area (Å²) in [4.78, 5) is 12.5. The minimum atomic E-state index is 0.694. The molecular weight excluding hydrogens is 406 g/mol. The first-order valence-electron chi connectivity index (χ1n) is 13.4. The first kappa shape index (κ1) is 24.4. The maximum absolute atomic E-state index is 5.94. The SMILES string of the molecule is CN1CCC(c2ccc(/C(C=NCCCN3CCC(N4CCCCC4)CC3)=C/N)cc2)CC1. The van der Waals surface area contributed by atoms with Gasteiger partial charge in [0.2, 0.25) is 0 Å². The zero-order valence-corrected chi connectivity index (χ0v) is 20.8. The summed E-state index contributed by atoms with van der Waals surface area (Å²) in [5.41, 5.74) is 9.58. The summed E-state index contributed by atoms with van der Waals surface area (Å²) in [6.45, 7) is 9.60. The van der Waals surface area contributed by atoms with E-state index in [0.29, 0.717) is 5.92 Å². The lowest BCUT2D eigenvalue weighted by Gasteiger charge is -2.40. The number of nitrogens with two attached hydrogens (primary N) is 1. The molecule has 3 aliphatic heterocycles. The number of aliphatic imine (C=N–C) groups is 1. The van der Waals surface area contributed by atoms with Crippen molar-refractivity contribution in [3.05, 3.63) is 41.6 Å². The molecule has 0 aromatic heterocycles. The van der Waals surface area contributed by atoms with E-state index in [2.05, 4.69) is 46.0 Å². The molecule has 4 rings (SSSR count). The molecule has 1 aromatic carbocycles. The predicted molar refractivity (Wildman–Crippen MR) is 141 cm³/mol. The van der Waals surface area contributed by atoms with Gasteiger partial charge in [-0.25, -0.2) is 0 Å². The average molecular weight is 452 g/mol. The topological polar surface area (TPSA) is 48.1 Å². The molecule has 3 saturated heterocycles. The van der Waals surface area contributed by atoms with Crippen LogP contribution in [-0.4, -0.2) is 86.4 Å². The van der Waals surface area contributed by atoms with Gasteiger partial charge < -0.3 is 20.4 Å². The summed E-state index contributed by atoms with van der Waals surface area (Å²) in [5, 5.41) is 0. The van der Waals surface area contributed by atoms with Crippen LogP contribution in [0.3, 0.4) is 0 Å². The van der Waals surface area contributed by atoms with Crippen molar-refractivity contribution in [2.45, 2.75) is 63.3 Å².